The van der Waals surface area contributed by atoms with Crippen LogP contribution in [0.15, 0.2) is 60.0 Å². The van der Waals surface area contributed by atoms with Crippen LogP contribution in [0.2, 0.25) is 0 Å². The lowest BCUT2D eigenvalue weighted by molar-refractivity contribution is -0.173. The summed E-state index contributed by atoms with van der Waals surface area (Å²) in [6.45, 7) is 3.83. The number of aromatic nitrogens is 1. The van der Waals surface area contributed by atoms with Crippen molar-refractivity contribution in [2.75, 3.05) is 13.1 Å². The van der Waals surface area contributed by atoms with Gasteiger partial charge in [0.1, 0.15) is 6.10 Å². The Labute approximate surface area is 223 Å². The molecule has 1 unspecified atom stereocenters. The Morgan fingerprint density at radius 3 is 2.76 bits per heavy atom. The van der Waals surface area contributed by atoms with Crippen LogP contribution in [-0.2, 0) is 4.74 Å². The van der Waals surface area contributed by atoms with Gasteiger partial charge in [-0.1, -0.05) is 31.2 Å². The number of aliphatic hydroxyl groups is 3. The molecule has 4 heterocycles. The van der Waals surface area contributed by atoms with Gasteiger partial charge in [-0.05, 0) is 71.7 Å². The van der Waals surface area contributed by atoms with E-state index in [1.807, 2.05) is 18.5 Å². The van der Waals surface area contributed by atoms with Crippen LogP contribution in [-0.4, -0.2) is 79.9 Å². The van der Waals surface area contributed by atoms with Gasteiger partial charge in [-0.15, -0.1) is 0 Å². The standard InChI is InChI=1S/C31H37N3O4/c1-29-6-4-20-11-22-27(36)28(37)23(34-15-21(32)16-34)13-30(22)7-8-31(20,38-30)25(29)12-24(35)26(29)18-3-2-17-5-9-33-14-19(17)10-18/h2-5,9-11,14,21,23-28,35-37H,6-8,12-13,15-16,32H2,1H3/t23-,24+,25+,26-,27-,28+,29-,30+,31?/m0/s1. The Balaban J connectivity index is 1.19. The van der Waals surface area contributed by atoms with Gasteiger partial charge in [-0.3, -0.25) is 9.88 Å². The molecule has 0 amide bonds. The third-order valence-corrected chi connectivity index (χ3v) is 11.3. The number of nitrogens with zero attached hydrogens (tertiary/aromatic N) is 2. The number of hydrogen-bond donors (Lipinski definition) is 4. The van der Waals surface area contributed by atoms with Gasteiger partial charge in [-0.2, -0.15) is 0 Å². The van der Waals surface area contributed by atoms with Crippen LogP contribution in [0.3, 0.4) is 0 Å². The Morgan fingerprint density at radius 1 is 1.11 bits per heavy atom. The third kappa shape index (κ3) is 2.92. The molecule has 5 N–H and O–H groups in total. The molecule has 4 fully saturated rings. The summed E-state index contributed by atoms with van der Waals surface area (Å²) in [5.41, 5.74) is 8.00. The van der Waals surface area contributed by atoms with Crippen molar-refractivity contribution < 1.29 is 20.1 Å². The van der Waals surface area contributed by atoms with E-state index in [2.05, 4.69) is 47.2 Å². The first-order valence-corrected chi connectivity index (χ1v) is 14.2. The maximum absolute atomic E-state index is 11.6. The maximum atomic E-state index is 11.6. The first-order chi connectivity index (χ1) is 18.2. The van der Waals surface area contributed by atoms with Crippen molar-refractivity contribution in [1.29, 1.82) is 0 Å². The predicted octanol–water partition coefficient (Wildman–Crippen LogP) is 2.40. The number of allylic oxidation sites excluding steroid dienone is 1. The van der Waals surface area contributed by atoms with Crippen molar-refractivity contribution in [3.8, 4) is 0 Å². The largest absolute Gasteiger partial charge is 0.392 e. The second-order valence-corrected chi connectivity index (χ2v) is 13.2. The average molecular weight is 516 g/mol. The molecule has 2 bridgehead atoms. The maximum Gasteiger partial charge on any atom is 0.105 e. The molecule has 7 nitrogen and oxygen atoms in total. The fourth-order valence-corrected chi connectivity index (χ4v) is 9.50. The fraction of sp³-hybridized carbons (Fsp3) is 0.581. The molecule has 9 atom stereocenters. The molecule has 200 valence electrons. The summed E-state index contributed by atoms with van der Waals surface area (Å²) in [4.78, 5) is 6.52. The zero-order chi connectivity index (χ0) is 26.0. The van der Waals surface area contributed by atoms with Gasteiger partial charge < -0.3 is 25.8 Å². The second kappa shape index (κ2) is 7.74. The number of fused-ring (bicyclic) bond motifs is 2. The normalized spacial score (nSPS) is 46.1. The molecular formula is C31H37N3O4. The van der Waals surface area contributed by atoms with E-state index in [0.717, 1.165) is 54.3 Å². The summed E-state index contributed by atoms with van der Waals surface area (Å²) in [7, 11) is 0. The van der Waals surface area contributed by atoms with Crippen LogP contribution in [0, 0.1) is 11.3 Å². The van der Waals surface area contributed by atoms with Crippen LogP contribution < -0.4 is 5.73 Å². The number of nitrogens with two attached hydrogens (primary N) is 1. The van der Waals surface area contributed by atoms with E-state index in [0.29, 0.717) is 12.8 Å². The molecule has 3 aliphatic carbocycles. The smallest absolute Gasteiger partial charge is 0.105 e. The van der Waals surface area contributed by atoms with Crippen molar-refractivity contribution >= 4 is 10.8 Å². The van der Waals surface area contributed by atoms with Crippen molar-refractivity contribution in [3.63, 3.8) is 0 Å². The summed E-state index contributed by atoms with van der Waals surface area (Å²) >= 11 is 0. The van der Waals surface area contributed by atoms with E-state index in [9.17, 15) is 15.3 Å². The lowest BCUT2D eigenvalue weighted by Crippen LogP contribution is -2.68. The number of ether oxygens (including phenoxy) is 1. The van der Waals surface area contributed by atoms with E-state index < -0.39 is 29.5 Å². The minimum Gasteiger partial charge on any atom is -0.392 e. The number of likely N-dealkylation sites (tertiary alicyclic amines) is 1. The Kier molecular flexibility index (Phi) is 4.84. The summed E-state index contributed by atoms with van der Waals surface area (Å²) in [5.74, 6) is 0.167. The summed E-state index contributed by atoms with van der Waals surface area (Å²) in [5, 5.41) is 36.3. The second-order valence-electron chi connectivity index (χ2n) is 13.2. The first-order valence-electron chi connectivity index (χ1n) is 14.2. The van der Waals surface area contributed by atoms with Crippen LogP contribution in [0.1, 0.15) is 50.5 Å². The summed E-state index contributed by atoms with van der Waals surface area (Å²) in [6, 6.07) is 8.52. The van der Waals surface area contributed by atoms with Crippen molar-refractivity contribution in [1.82, 2.24) is 9.88 Å². The SMILES string of the molecule is C[C@]12CC=C3C=C4[C@H](O)[C@H](O)[C@@H](N5CC(N)C5)C[C@]45CCC3(O5)[C@@H]1C[C@@H](O)[C@@H]2c1ccc2ccncc2c1. The molecule has 8 rings (SSSR count). The first kappa shape index (κ1) is 23.7. The van der Waals surface area contributed by atoms with Gasteiger partial charge >= 0.3 is 0 Å². The lowest BCUT2D eigenvalue weighted by Gasteiger charge is -2.57. The van der Waals surface area contributed by atoms with Crippen LogP contribution >= 0.6 is 0 Å². The number of benzene rings is 1. The van der Waals surface area contributed by atoms with Gasteiger partial charge in [0.25, 0.3) is 0 Å². The van der Waals surface area contributed by atoms with Gasteiger partial charge in [-0.25, -0.2) is 0 Å². The van der Waals surface area contributed by atoms with Gasteiger partial charge in [0.2, 0.25) is 0 Å². The minimum absolute atomic E-state index is 0.00361. The van der Waals surface area contributed by atoms with Crippen molar-refractivity contribution in [2.45, 2.75) is 86.5 Å². The molecule has 1 aromatic carbocycles. The van der Waals surface area contributed by atoms with Crippen LogP contribution in [0.5, 0.6) is 0 Å². The summed E-state index contributed by atoms with van der Waals surface area (Å²) < 4.78 is 7.27. The van der Waals surface area contributed by atoms with Crippen molar-refractivity contribution in [3.05, 3.63) is 65.5 Å². The van der Waals surface area contributed by atoms with Crippen LogP contribution in [0.25, 0.3) is 10.8 Å². The highest BCUT2D eigenvalue weighted by Crippen LogP contribution is 2.69. The minimum atomic E-state index is -0.941. The molecular weight excluding hydrogens is 478 g/mol. The highest BCUT2D eigenvalue weighted by molar-refractivity contribution is 5.82. The molecule has 2 spiro atoms. The highest BCUT2D eigenvalue weighted by Gasteiger charge is 2.69. The van der Waals surface area contributed by atoms with E-state index in [1.165, 1.54) is 5.56 Å². The van der Waals surface area contributed by atoms with E-state index >= 15 is 0 Å². The molecule has 0 radical (unpaired) electrons. The topological polar surface area (TPSA) is 112 Å². The number of rotatable bonds is 2. The molecule has 2 aromatic rings. The monoisotopic (exact) mass is 515 g/mol. The number of aliphatic hydroxyl groups excluding tert-OH is 3. The van der Waals surface area contributed by atoms with E-state index in [-0.39, 0.29) is 29.3 Å². The zero-order valence-corrected chi connectivity index (χ0v) is 21.8. The molecule has 1 aromatic heterocycles. The molecule has 2 saturated heterocycles. The Hall–Kier alpha value is -2.13. The van der Waals surface area contributed by atoms with Crippen LogP contribution in [0.4, 0.5) is 0 Å². The Morgan fingerprint density at radius 2 is 1.95 bits per heavy atom. The number of hydrogen-bond acceptors (Lipinski definition) is 7. The van der Waals surface area contributed by atoms with Gasteiger partial charge in [0.05, 0.1) is 23.4 Å². The van der Waals surface area contributed by atoms with Gasteiger partial charge in [0, 0.05) is 54.8 Å². The lowest BCUT2D eigenvalue weighted by atomic mass is 9.58. The molecule has 2 saturated carbocycles. The fourth-order valence-electron chi connectivity index (χ4n) is 9.50. The third-order valence-electron chi connectivity index (χ3n) is 11.3. The number of pyridine rings is 1. The molecule has 38 heavy (non-hydrogen) atoms. The molecule has 3 aliphatic heterocycles. The zero-order valence-electron chi connectivity index (χ0n) is 21.8. The summed E-state index contributed by atoms with van der Waals surface area (Å²) in [6.07, 6.45) is 9.83. The molecule has 6 aliphatic rings. The highest BCUT2D eigenvalue weighted by atomic mass is 16.5. The predicted molar refractivity (Wildman–Crippen MR) is 143 cm³/mol. The van der Waals surface area contributed by atoms with Gasteiger partial charge in [0.15, 0.2) is 0 Å². The average Bonchev–Trinajstić information content (AvgIpc) is 3.35. The van der Waals surface area contributed by atoms with E-state index in [4.69, 9.17) is 10.5 Å². The quantitative estimate of drug-likeness (QED) is 0.486. The van der Waals surface area contributed by atoms with E-state index in [1.54, 1.807) is 0 Å². The molecule has 7 heteroatoms. The Bertz CT molecular complexity index is 1390. The van der Waals surface area contributed by atoms with Crippen molar-refractivity contribution in [2.24, 2.45) is 17.1 Å².